The summed E-state index contributed by atoms with van der Waals surface area (Å²) >= 11 is 7.97. The first-order chi connectivity index (χ1) is 9.08. The molecule has 0 bridgehead atoms. The molecule has 0 radical (unpaired) electrons. The fraction of sp³-hybridized carbons (Fsp3) is 0.333. The molecule has 0 spiro atoms. The topological polar surface area (TPSA) is 25.8 Å². The van der Waals surface area contributed by atoms with Crippen molar-refractivity contribution >= 4 is 23.4 Å². The molecule has 0 saturated carbocycles. The molecule has 2 aromatic rings. The predicted octanol–water partition coefficient (Wildman–Crippen LogP) is 4.85. The molecule has 1 heterocycles. The molecule has 19 heavy (non-hydrogen) atoms. The van der Waals surface area contributed by atoms with Gasteiger partial charge in [0.2, 0.25) is 0 Å². The van der Waals surface area contributed by atoms with E-state index in [9.17, 15) is 0 Å². The smallest absolute Gasteiger partial charge is 0.140 e. The van der Waals surface area contributed by atoms with Gasteiger partial charge in [0.25, 0.3) is 0 Å². The lowest BCUT2D eigenvalue weighted by Gasteiger charge is -2.12. The van der Waals surface area contributed by atoms with E-state index >= 15 is 0 Å². The number of aryl methyl sites for hydroxylation is 1. The van der Waals surface area contributed by atoms with Crippen LogP contribution in [0.1, 0.15) is 36.8 Å². The zero-order valence-corrected chi connectivity index (χ0v) is 12.9. The molecule has 0 amide bonds. The predicted molar refractivity (Wildman–Crippen MR) is 81.9 cm³/mol. The number of thioether (sulfide) groups is 1. The summed E-state index contributed by atoms with van der Waals surface area (Å²) in [6.07, 6.45) is 0. The van der Waals surface area contributed by atoms with E-state index in [2.05, 4.69) is 35.9 Å². The Balaban J connectivity index is 2.14. The second-order valence-corrected chi connectivity index (χ2v) is 6.09. The zero-order chi connectivity index (χ0) is 13.8. The van der Waals surface area contributed by atoms with Crippen LogP contribution >= 0.6 is 23.4 Å². The maximum absolute atomic E-state index is 6.25. The molecule has 0 aliphatic heterocycles. The molecule has 1 aromatic carbocycles. The van der Waals surface area contributed by atoms with Gasteiger partial charge in [-0.25, -0.2) is 9.97 Å². The van der Waals surface area contributed by atoms with Crippen molar-refractivity contribution in [3.63, 3.8) is 0 Å². The Labute approximate surface area is 123 Å². The Bertz CT molecular complexity index is 532. The van der Waals surface area contributed by atoms with Crippen molar-refractivity contribution in [1.29, 1.82) is 0 Å². The molecule has 4 heteroatoms. The molecule has 0 aliphatic rings. The number of rotatable bonds is 4. The van der Waals surface area contributed by atoms with Crippen LogP contribution in [0.4, 0.5) is 0 Å². The van der Waals surface area contributed by atoms with Crippen molar-refractivity contribution in [3.8, 4) is 0 Å². The minimum absolute atomic E-state index is 0.350. The van der Waals surface area contributed by atoms with Gasteiger partial charge in [0.05, 0.1) is 5.75 Å². The standard InChI is InChI=1S/C15H17ClN2S/c1-10(2)14-11(3)17-13(18-15(14)16)9-19-12-7-5-4-6-8-12/h4-8,10H,9H2,1-3H3. The summed E-state index contributed by atoms with van der Waals surface area (Å²) in [4.78, 5) is 10.2. The van der Waals surface area contributed by atoms with Crippen molar-refractivity contribution in [2.24, 2.45) is 0 Å². The van der Waals surface area contributed by atoms with E-state index in [4.69, 9.17) is 11.6 Å². The number of benzene rings is 1. The highest BCUT2D eigenvalue weighted by Gasteiger charge is 2.13. The molecule has 0 saturated heterocycles. The molecule has 1 aromatic heterocycles. The minimum atomic E-state index is 0.350. The number of hydrogen-bond donors (Lipinski definition) is 0. The molecule has 0 unspecified atom stereocenters. The van der Waals surface area contributed by atoms with Gasteiger partial charge in [-0.05, 0) is 25.0 Å². The zero-order valence-electron chi connectivity index (χ0n) is 11.4. The summed E-state index contributed by atoms with van der Waals surface area (Å²) in [6, 6.07) is 10.2. The first-order valence-corrected chi connectivity index (χ1v) is 7.65. The Morgan fingerprint density at radius 3 is 2.42 bits per heavy atom. The van der Waals surface area contributed by atoms with Crippen LogP contribution in [0, 0.1) is 6.92 Å². The lowest BCUT2D eigenvalue weighted by molar-refractivity contribution is 0.817. The van der Waals surface area contributed by atoms with Crippen molar-refractivity contribution in [2.45, 2.75) is 37.3 Å². The largest absolute Gasteiger partial charge is 0.237 e. The van der Waals surface area contributed by atoms with E-state index < -0.39 is 0 Å². The van der Waals surface area contributed by atoms with E-state index in [1.54, 1.807) is 11.8 Å². The van der Waals surface area contributed by atoms with Gasteiger partial charge in [-0.15, -0.1) is 11.8 Å². The summed E-state index contributed by atoms with van der Waals surface area (Å²) in [5.74, 6) is 1.88. The number of halogens is 1. The van der Waals surface area contributed by atoms with Crippen molar-refractivity contribution in [3.05, 3.63) is 52.6 Å². The maximum Gasteiger partial charge on any atom is 0.140 e. The van der Waals surface area contributed by atoms with Gasteiger partial charge in [0.1, 0.15) is 11.0 Å². The Morgan fingerprint density at radius 2 is 1.84 bits per heavy atom. The molecule has 0 fully saturated rings. The quantitative estimate of drug-likeness (QED) is 0.595. The summed E-state index contributed by atoms with van der Waals surface area (Å²) in [5, 5.41) is 0.589. The molecule has 0 N–H and O–H groups in total. The Hall–Kier alpha value is -1.06. The summed E-state index contributed by atoms with van der Waals surface area (Å²) in [6.45, 7) is 6.21. The number of nitrogens with zero attached hydrogens (tertiary/aromatic N) is 2. The van der Waals surface area contributed by atoms with Crippen molar-refractivity contribution in [2.75, 3.05) is 0 Å². The van der Waals surface area contributed by atoms with Crippen LogP contribution in [0.15, 0.2) is 35.2 Å². The molecular weight excluding hydrogens is 276 g/mol. The van der Waals surface area contributed by atoms with Crippen LogP contribution < -0.4 is 0 Å². The molecule has 0 atom stereocenters. The van der Waals surface area contributed by atoms with E-state index in [0.717, 1.165) is 22.8 Å². The van der Waals surface area contributed by atoms with Gasteiger partial charge in [0.15, 0.2) is 0 Å². The lowest BCUT2D eigenvalue weighted by atomic mass is 10.0. The first kappa shape index (κ1) is 14.4. The normalized spacial score (nSPS) is 11.0. The number of aromatic nitrogens is 2. The van der Waals surface area contributed by atoms with Crippen LogP contribution in [0.25, 0.3) is 0 Å². The third-order valence-electron chi connectivity index (χ3n) is 2.82. The molecule has 2 rings (SSSR count). The average molecular weight is 293 g/mol. The minimum Gasteiger partial charge on any atom is -0.237 e. The fourth-order valence-electron chi connectivity index (χ4n) is 1.99. The number of hydrogen-bond acceptors (Lipinski definition) is 3. The van der Waals surface area contributed by atoms with Gasteiger partial charge < -0.3 is 0 Å². The van der Waals surface area contributed by atoms with Crippen molar-refractivity contribution < 1.29 is 0 Å². The monoisotopic (exact) mass is 292 g/mol. The summed E-state index contributed by atoms with van der Waals surface area (Å²) in [7, 11) is 0. The first-order valence-electron chi connectivity index (χ1n) is 6.28. The van der Waals surface area contributed by atoms with E-state index in [1.165, 1.54) is 4.90 Å². The highest BCUT2D eigenvalue weighted by molar-refractivity contribution is 7.98. The second kappa shape index (κ2) is 6.40. The third kappa shape index (κ3) is 3.71. The highest BCUT2D eigenvalue weighted by Crippen LogP contribution is 2.27. The molecule has 0 aliphatic carbocycles. The third-order valence-corrected chi connectivity index (χ3v) is 4.12. The van der Waals surface area contributed by atoms with Crippen LogP contribution in [-0.4, -0.2) is 9.97 Å². The fourth-order valence-corrected chi connectivity index (χ4v) is 3.21. The van der Waals surface area contributed by atoms with Gasteiger partial charge in [-0.1, -0.05) is 43.6 Å². The van der Waals surface area contributed by atoms with Crippen LogP contribution in [0.5, 0.6) is 0 Å². The lowest BCUT2D eigenvalue weighted by Crippen LogP contribution is -2.03. The highest BCUT2D eigenvalue weighted by atomic mass is 35.5. The van der Waals surface area contributed by atoms with Gasteiger partial charge >= 0.3 is 0 Å². The average Bonchev–Trinajstić information content (AvgIpc) is 2.36. The molecule has 2 nitrogen and oxygen atoms in total. The van der Waals surface area contributed by atoms with E-state index in [0.29, 0.717) is 11.1 Å². The Kier molecular flexibility index (Phi) is 4.83. The molecular formula is C15H17ClN2S. The second-order valence-electron chi connectivity index (χ2n) is 4.69. The summed E-state index contributed by atoms with van der Waals surface area (Å²) in [5.41, 5.74) is 2.04. The van der Waals surface area contributed by atoms with E-state index in [1.807, 2.05) is 25.1 Å². The summed E-state index contributed by atoms with van der Waals surface area (Å²) < 4.78 is 0. The SMILES string of the molecule is Cc1nc(CSc2ccccc2)nc(Cl)c1C(C)C. The maximum atomic E-state index is 6.25. The Morgan fingerprint density at radius 1 is 1.16 bits per heavy atom. The molecule has 100 valence electrons. The van der Waals surface area contributed by atoms with Crippen LogP contribution in [0.2, 0.25) is 5.15 Å². The van der Waals surface area contributed by atoms with Crippen LogP contribution in [-0.2, 0) is 5.75 Å². The van der Waals surface area contributed by atoms with Gasteiger partial charge in [-0.2, -0.15) is 0 Å². The van der Waals surface area contributed by atoms with Gasteiger partial charge in [-0.3, -0.25) is 0 Å². The van der Waals surface area contributed by atoms with Crippen LogP contribution in [0.3, 0.4) is 0 Å². The van der Waals surface area contributed by atoms with Crippen molar-refractivity contribution in [1.82, 2.24) is 9.97 Å². The van der Waals surface area contributed by atoms with Gasteiger partial charge in [0, 0.05) is 16.2 Å². The van der Waals surface area contributed by atoms with E-state index in [-0.39, 0.29) is 0 Å².